The molecule has 0 spiro atoms. The Balaban J connectivity index is 0.000000189. The van der Waals surface area contributed by atoms with E-state index in [-0.39, 0.29) is 33.9 Å². The van der Waals surface area contributed by atoms with Gasteiger partial charge in [0.05, 0.1) is 34.2 Å². The van der Waals surface area contributed by atoms with E-state index in [0.29, 0.717) is 34.4 Å². The molecule has 6 rings (SSSR count). The molecule has 6 N–H and O–H groups in total. The highest BCUT2D eigenvalue weighted by atomic mass is 16.4. The van der Waals surface area contributed by atoms with E-state index in [1.54, 1.807) is 41.5 Å². The number of aromatic hydroxyl groups is 3. The summed E-state index contributed by atoms with van der Waals surface area (Å²) in [5, 5.41) is 41.5. The number of para-hydroxylation sites is 3. The molecular formula is C42H42N6O9. The predicted molar refractivity (Wildman–Crippen MR) is 221 cm³/mol. The third-order valence-corrected chi connectivity index (χ3v) is 7.63. The van der Waals surface area contributed by atoms with E-state index in [4.69, 9.17) is 13.3 Å². The van der Waals surface area contributed by atoms with Gasteiger partial charge in [-0.25, -0.2) is 14.4 Å². The highest BCUT2D eigenvalue weighted by molar-refractivity contribution is 6.02. The van der Waals surface area contributed by atoms with E-state index in [1.165, 1.54) is 18.2 Å². The number of hydrogen-bond acceptors (Lipinski definition) is 15. The van der Waals surface area contributed by atoms with Crippen LogP contribution in [0.25, 0.3) is 0 Å². The molecule has 0 amide bonds. The Morgan fingerprint density at radius 1 is 0.439 bits per heavy atom. The topological polar surface area (TPSA) is 224 Å². The van der Waals surface area contributed by atoms with Gasteiger partial charge in [-0.05, 0) is 77.9 Å². The molecule has 0 saturated carbocycles. The number of hydrogen-bond donors (Lipinski definition) is 6. The minimum Gasteiger partial charge on any atom is -0.507 e. The summed E-state index contributed by atoms with van der Waals surface area (Å²) in [5.74, 6) is 0.666. The normalized spacial score (nSPS) is 11.4. The quantitative estimate of drug-likeness (QED) is 0.0622. The van der Waals surface area contributed by atoms with Gasteiger partial charge in [0, 0.05) is 18.2 Å². The standard InChI is InChI=1S/3C14H14N2O3/c3*1-9-8-12(17)13(14(18)19-9)10(2)15-16-11-6-4-3-5-7-11/h3*3-8,16-17H,1-2H3/b3*15-10+. The summed E-state index contributed by atoms with van der Waals surface area (Å²) < 4.78 is 14.8. The van der Waals surface area contributed by atoms with Gasteiger partial charge in [-0.3, -0.25) is 16.3 Å². The fourth-order valence-electron chi connectivity index (χ4n) is 4.94. The van der Waals surface area contributed by atoms with Crippen LogP contribution in [0.15, 0.2) is 152 Å². The molecule has 0 aliphatic carbocycles. The number of aryl methyl sites for hydroxylation is 3. The van der Waals surface area contributed by atoms with Crippen molar-refractivity contribution in [2.45, 2.75) is 41.5 Å². The van der Waals surface area contributed by atoms with Crippen LogP contribution in [0.3, 0.4) is 0 Å². The zero-order valence-corrected chi connectivity index (χ0v) is 32.0. The van der Waals surface area contributed by atoms with Crippen molar-refractivity contribution in [2.75, 3.05) is 16.3 Å². The molecule has 0 fully saturated rings. The second-order valence-corrected chi connectivity index (χ2v) is 12.2. The van der Waals surface area contributed by atoms with Crippen LogP contribution in [0, 0.1) is 20.8 Å². The zero-order chi connectivity index (χ0) is 41.5. The molecule has 57 heavy (non-hydrogen) atoms. The summed E-state index contributed by atoms with van der Waals surface area (Å²) in [6.07, 6.45) is 0. The van der Waals surface area contributed by atoms with Crippen molar-refractivity contribution < 1.29 is 28.6 Å². The Morgan fingerprint density at radius 3 is 0.877 bits per heavy atom. The van der Waals surface area contributed by atoms with Gasteiger partial charge in [0.15, 0.2) is 0 Å². The van der Waals surface area contributed by atoms with Gasteiger partial charge in [-0.15, -0.1) is 0 Å². The number of rotatable bonds is 9. The lowest BCUT2D eigenvalue weighted by Crippen LogP contribution is -2.14. The van der Waals surface area contributed by atoms with E-state index in [9.17, 15) is 29.7 Å². The van der Waals surface area contributed by atoms with Crippen LogP contribution < -0.4 is 33.2 Å². The first-order chi connectivity index (χ1) is 27.2. The monoisotopic (exact) mass is 774 g/mol. The summed E-state index contributed by atoms with van der Waals surface area (Å²) in [4.78, 5) is 35.0. The number of benzene rings is 3. The maximum absolute atomic E-state index is 11.7. The van der Waals surface area contributed by atoms with Gasteiger partial charge in [0.25, 0.3) is 0 Å². The van der Waals surface area contributed by atoms with Crippen LogP contribution in [0.4, 0.5) is 17.1 Å². The summed E-state index contributed by atoms with van der Waals surface area (Å²) in [6, 6.07) is 32.1. The molecule has 6 aromatic rings. The maximum Gasteiger partial charge on any atom is 0.348 e. The Hall–Kier alpha value is -7.68. The van der Waals surface area contributed by atoms with Gasteiger partial charge >= 0.3 is 16.9 Å². The van der Waals surface area contributed by atoms with E-state index in [0.717, 1.165) is 17.1 Å². The third kappa shape index (κ3) is 12.4. The Bertz CT molecular complexity index is 2260. The second-order valence-electron chi connectivity index (χ2n) is 12.2. The van der Waals surface area contributed by atoms with Crippen molar-refractivity contribution in [2.24, 2.45) is 15.3 Å². The third-order valence-electron chi connectivity index (χ3n) is 7.63. The average Bonchev–Trinajstić information content (AvgIpc) is 3.16. The fraction of sp³-hybridized carbons (Fsp3) is 0.143. The Labute approximate surface area is 327 Å². The summed E-state index contributed by atoms with van der Waals surface area (Å²) in [7, 11) is 0. The fourth-order valence-corrected chi connectivity index (χ4v) is 4.94. The average molecular weight is 775 g/mol. The number of hydrazone groups is 3. The molecule has 0 radical (unpaired) electrons. The highest BCUT2D eigenvalue weighted by Crippen LogP contribution is 2.18. The lowest BCUT2D eigenvalue weighted by molar-refractivity contribution is 0.431. The molecule has 0 atom stereocenters. The molecule has 3 heterocycles. The Morgan fingerprint density at radius 2 is 0.667 bits per heavy atom. The van der Waals surface area contributed by atoms with Crippen molar-refractivity contribution >= 4 is 34.2 Å². The summed E-state index contributed by atoms with van der Waals surface area (Å²) >= 11 is 0. The van der Waals surface area contributed by atoms with Crippen molar-refractivity contribution in [3.8, 4) is 17.2 Å². The first-order valence-electron chi connectivity index (χ1n) is 17.3. The maximum atomic E-state index is 11.7. The van der Waals surface area contributed by atoms with Crippen LogP contribution >= 0.6 is 0 Å². The van der Waals surface area contributed by atoms with Crippen LogP contribution in [0.1, 0.15) is 54.7 Å². The minimum atomic E-state index is -0.603. The van der Waals surface area contributed by atoms with Crippen LogP contribution in [-0.4, -0.2) is 32.5 Å². The Kier molecular flexibility index (Phi) is 14.9. The lowest BCUT2D eigenvalue weighted by atomic mass is 10.2. The molecular weight excluding hydrogens is 732 g/mol. The van der Waals surface area contributed by atoms with Crippen molar-refractivity contribution in [1.82, 2.24) is 0 Å². The molecule has 0 saturated heterocycles. The van der Waals surface area contributed by atoms with Crippen molar-refractivity contribution in [3.63, 3.8) is 0 Å². The van der Waals surface area contributed by atoms with Gasteiger partial charge < -0.3 is 28.6 Å². The largest absolute Gasteiger partial charge is 0.507 e. The van der Waals surface area contributed by atoms with Gasteiger partial charge in [0.1, 0.15) is 51.2 Å². The molecule has 3 aromatic carbocycles. The molecule has 0 bridgehead atoms. The second kappa shape index (κ2) is 20.1. The van der Waals surface area contributed by atoms with Crippen LogP contribution in [0.2, 0.25) is 0 Å². The first kappa shape index (κ1) is 42.1. The minimum absolute atomic E-state index is 0.0639. The van der Waals surface area contributed by atoms with Gasteiger partial charge in [0.2, 0.25) is 0 Å². The summed E-state index contributed by atoms with van der Waals surface area (Å²) in [6.45, 7) is 9.66. The predicted octanol–water partition coefficient (Wildman–Crippen LogP) is 7.47. The SMILES string of the molecule is C/C(=N\Nc1ccccc1)c1c(O)cc(C)oc1=O.C/C(=N\Nc1ccccc1)c1c(O)cc(C)oc1=O.C/C(=N\Nc1ccccc1)c1c(O)cc(C)oc1=O. The number of nitrogens with one attached hydrogen (secondary N) is 3. The van der Waals surface area contributed by atoms with Gasteiger partial charge in [-0.2, -0.15) is 15.3 Å². The molecule has 294 valence electrons. The lowest BCUT2D eigenvalue weighted by Gasteiger charge is -2.04. The number of nitrogens with zero attached hydrogens (tertiary/aromatic N) is 3. The molecule has 0 aliphatic heterocycles. The molecule has 15 nitrogen and oxygen atoms in total. The molecule has 15 heteroatoms. The number of anilines is 3. The smallest absolute Gasteiger partial charge is 0.348 e. The molecule has 3 aromatic heterocycles. The van der Waals surface area contributed by atoms with E-state index >= 15 is 0 Å². The van der Waals surface area contributed by atoms with E-state index in [2.05, 4.69) is 31.6 Å². The van der Waals surface area contributed by atoms with Gasteiger partial charge in [-0.1, -0.05) is 54.6 Å². The van der Waals surface area contributed by atoms with Crippen molar-refractivity contribution in [1.29, 1.82) is 0 Å². The summed E-state index contributed by atoms with van der Waals surface area (Å²) in [5.41, 5.74) is 10.2. The molecule has 0 unspecified atom stereocenters. The highest BCUT2D eigenvalue weighted by Gasteiger charge is 2.15. The van der Waals surface area contributed by atoms with Crippen molar-refractivity contribution in [3.05, 3.63) is 174 Å². The van der Waals surface area contributed by atoms with Crippen LogP contribution in [0.5, 0.6) is 17.2 Å². The van der Waals surface area contributed by atoms with E-state index < -0.39 is 16.9 Å². The molecule has 0 aliphatic rings. The van der Waals surface area contributed by atoms with Crippen LogP contribution in [-0.2, 0) is 0 Å². The van der Waals surface area contributed by atoms with E-state index in [1.807, 2.05) is 91.0 Å². The zero-order valence-electron chi connectivity index (χ0n) is 32.0. The first-order valence-corrected chi connectivity index (χ1v) is 17.3.